The summed E-state index contributed by atoms with van der Waals surface area (Å²) < 4.78 is 0. The first-order chi connectivity index (χ1) is 7.65. The first-order valence-corrected chi connectivity index (χ1v) is 6.09. The summed E-state index contributed by atoms with van der Waals surface area (Å²) in [6, 6.07) is 0.306. The van der Waals surface area contributed by atoms with Gasteiger partial charge in [0.05, 0.1) is 12.6 Å². The predicted octanol–water partition coefficient (Wildman–Crippen LogP) is -0.997. The van der Waals surface area contributed by atoms with Crippen molar-refractivity contribution in [1.29, 1.82) is 0 Å². The fourth-order valence-corrected chi connectivity index (χ4v) is 2.37. The fraction of sp³-hybridized carbons (Fsp3) is 0.909. The molecule has 92 valence electrons. The van der Waals surface area contributed by atoms with Crippen LogP contribution in [0.3, 0.4) is 0 Å². The van der Waals surface area contributed by atoms with Crippen molar-refractivity contribution < 1.29 is 9.90 Å². The highest BCUT2D eigenvalue weighted by molar-refractivity contribution is 5.78. The van der Waals surface area contributed by atoms with Crippen LogP contribution in [0.1, 0.15) is 19.3 Å². The van der Waals surface area contributed by atoms with Crippen molar-refractivity contribution in [1.82, 2.24) is 9.80 Å². The minimum Gasteiger partial charge on any atom is -0.391 e. The van der Waals surface area contributed by atoms with Gasteiger partial charge < -0.3 is 15.7 Å². The SMILES string of the molecule is NC1CCN(CC(=O)N2CC[C@@H](O)C2)CC1. The number of nitrogens with two attached hydrogens (primary N) is 1. The molecule has 2 aliphatic heterocycles. The van der Waals surface area contributed by atoms with Crippen molar-refractivity contribution in [3.8, 4) is 0 Å². The zero-order valence-corrected chi connectivity index (χ0v) is 9.64. The number of amides is 1. The largest absolute Gasteiger partial charge is 0.391 e. The lowest BCUT2D eigenvalue weighted by Crippen LogP contribution is -2.45. The second-order valence-corrected chi connectivity index (χ2v) is 4.90. The summed E-state index contributed by atoms with van der Waals surface area (Å²) in [5.41, 5.74) is 5.81. The van der Waals surface area contributed by atoms with Crippen LogP contribution in [-0.4, -0.2) is 65.7 Å². The van der Waals surface area contributed by atoms with Crippen LogP contribution < -0.4 is 5.73 Å². The molecule has 2 heterocycles. The summed E-state index contributed by atoms with van der Waals surface area (Å²) in [6.07, 6.45) is 2.36. The van der Waals surface area contributed by atoms with Crippen molar-refractivity contribution in [2.45, 2.75) is 31.4 Å². The normalized spacial score (nSPS) is 28.6. The Morgan fingerprint density at radius 2 is 1.94 bits per heavy atom. The topological polar surface area (TPSA) is 69.8 Å². The summed E-state index contributed by atoms with van der Waals surface area (Å²) in [5.74, 6) is 0.145. The zero-order valence-electron chi connectivity index (χ0n) is 9.64. The molecule has 2 saturated heterocycles. The molecule has 1 atom stereocenters. The quantitative estimate of drug-likeness (QED) is 0.635. The van der Waals surface area contributed by atoms with Crippen molar-refractivity contribution in [2.24, 2.45) is 5.73 Å². The van der Waals surface area contributed by atoms with E-state index in [2.05, 4.69) is 4.90 Å². The summed E-state index contributed by atoms with van der Waals surface area (Å²) in [4.78, 5) is 15.8. The van der Waals surface area contributed by atoms with E-state index in [0.717, 1.165) is 32.4 Å². The van der Waals surface area contributed by atoms with E-state index in [0.29, 0.717) is 25.7 Å². The molecule has 0 spiro atoms. The average molecular weight is 227 g/mol. The van der Waals surface area contributed by atoms with Crippen molar-refractivity contribution >= 4 is 5.91 Å². The van der Waals surface area contributed by atoms with E-state index in [1.165, 1.54) is 0 Å². The zero-order chi connectivity index (χ0) is 11.5. The predicted molar refractivity (Wildman–Crippen MR) is 60.9 cm³/mol. The summed E-state index contributed by atoms with van der Waals surface area (Å²) in [7, 11) is 0. The number of hydrogen-bond acceptors (Lipinski definition) is 4. The molecule has 1 amide bonds. The minimum atomic E-state index is -0.321. The Bertz CT molecular complexity index is 252. The summed E-state index contributed by atoms with van der Waals surface area (Å²) >= 11 is 0. The second kappa shape index (κ2) is 5.12. The van der Waals surface area contributed by atoms with Gasteiger partial charge in [-0.05, 0) is 19.3 Å². The van der Waals surface area contributed by atoms with Crippen LogP contribution in [0, 0.1) is 0 Å². The minimum absolute atomic E-state index is 0.145. The van der Waals surface area contributed by atoms with Crippen LogP contribution in [0.2, 0.25) is 0 Å². The Morgan fingerprint density at radius 3 is 2.50 bits per heavy atom. The standard InChI is InChI=1S/C11H21N3O2/c12-9-1-4-13(5-2-9)8-11(16)14-6-3-10(15)7-14/h9-10,15H,1-8,12H2/t10-/m1/s1. The number of piperidine rings is 1. The third-order valence-corrected chi connectivity index (χ3v) is 3.51. The molecule has 2 aliphatic rings. The van der Waals surface area contributed by atoms with Crippen molar-refractivity contribution in [3.63, 3.8) is 0 Å². The van der Waals surface area contributed by atoms with Gasteiger partial charge in [0.1, 0.15) is 0 Å². The Labute approximate surface area is 96.2 Å². The van der Waals surface area contributed by atoms with Crippen LogP contribution in [0.5, 0.6) is 0 Å². The van der Waals surface area contributed by atoms with Gasteiger partial charge in [-0.1, -0.05) is 0 Å². The number of rotatable bonds is 2. The van der Waals surface area contributed by atoms with Crippen molar-refractivity contribution in [2.75, 3.05) is 32.7 Å². The van der Waals surface area contributed by atoms with Gasteiger partial charge in [0.15, 0.2) is 0 Å². The lowest BCUT2D eigenvalue weighted by molar-refractivity contribution is -0.132. The Kier molecular flexibility index (Phi) is 3.78. The second-order valence-electron chi connectivity index (χ2n) is 4.90. The molecule has 0 aromatic heterocycles. The summed E-state index contributed by atoms with van der Waals surface area (Å²) in [6.45, 7) is 3.53. The van der Waals surface area contributed by atoms with Gasteiger partial charge in [-0.15, -0.1) is 0 Å². The number of aliphatic hydroxyl groups excluding tert-OH is 1. The molecule has 0 aliphatic carbocycles. The maximum absolute atomic E-state index is 11.9. The molecular weight excluding hydrogens is 206 g/mol. The van der Waals surface area contributed by atoms with Gasteiger partial charge in [-0.2, -0.15) is 0 Å². The van der Waals surface area contributed by atoms with E-state index in [9.17, 15) is 9.90 Å². The maximum Gasteiger partial charge on any atom is 0.236 e. The molecule has 2 fully saturated rings. The molecule has 16 heavy (non-hydrogen) atoms. The van der Waals surface area contributed by atoms with Crippen LogP contribution in [-0.2, 0) is 4.79 Å². The van der Waals surface area contributed by atoms with Gasteiger partial charge in [-0.3, -0.25) is 9.69 Å². The molecular formula is C11H21N3O2. The van der Waals surface area contributed by atoms with E-state index >= 15 is 0 Å². The molecule has 0 saturated carbocycles. The number of carbonyl (C=O) groups excluding carboxylic acids is 1. The van der Waals surface area contributed by atoms with Gasteiger partial charge in [0, 0.05) is 32.2 Å². The third kappa shape index (κ3) is 2.93. The highest BCUT2D eigenvalue weighted by Gasteiger charge is 2.26. The van der Waals surface area contributed by atoms with E-state index in [-0.39, 0.29) is 12.0 Å². The number of likely N-dealkylation sites (tertiary alicyclic amines) is 2. The molecule has 0 radical (unpaired) electrons. The molecule has 0 aromatic carbocycles. The molecule has 5 nitrogen and oxygen atoms in total. The number of nitrogens with zero attached hydrogens (tertiary/aromatic N) is 2. The highest BCUT2D eigenvalue weighted by atomic mass is 16.3. The Hall–Kier alpha value is -0.650. The molecule has 2 rings (SSSR count). The number of hydrogen-bond donors (Lipinski definition) is 2. The monoisotopic (exact) mass is 227 g/mol. The van der Waals surface area contributed by atoms with Crippen LogP contribution in [0.25, 0.3) is 0 Å². The summed E-state index contributed by atoms with van der Waals surface area (Å²) in [5, 5.41) is 9.37. The van der Waals surface area contributed by atoms with E-state index in [1.54, 1.807) is 4.90 Å². The van der Waals surface area contributed by atoms with E-state index < -0.39 is 0 Å². The molecule has 0 unspecified atom stereocenters. The number of aliphatic hydroxyl groups is 1. The first-order valence-electron chi connectivity index (χ1n) is 6.09. The lowest BCUT2D eigenvalue weighted by atomic mass is 10.1. The highest BCUT2D eigenvalue weighted by Crippen LogP contribution is 2.12. The van der Waals surface area contributed by atoms with E-state index in [4.69, 9.17) is 5.73 Å². The third-order valence-electron chi connectivity index (χ3n) is 3.51. The molecule has 0 bridgehead atoms. The van der Waals surface area contributed by atoms with Crippen LogP contribution in [0.15, 0.2) is 0 Å². The van der Waals surface area contributed by atoms with Gasteiger partial charge in [-0.25, -0.2) is 0 Å². The van der Waals surface area contributed by atoms with Gasteiger partial charge in [0.2, 0.25) is 5.91 Å². The van der Waals surface area contributed by atoms with Gasteiger partial charge >= 0.3 is 0 Å². The van der Waals surface area contributed by atoms with Gasteiger partial charge in [0.25, 0.3) is 0 Å². The molecule has 3 N–H and O–H groups in total. The first kappa shape index (κ1) is 11.8. The Balaban J connectivity index is 1.75. The number of carbonyl (C=O) groups is 1. The molecule has 5 heteroatoms. The van der Waals surface area contributed by atoms with Crippen molar-refractivity contribution in [3.05, 3.63) is 0 Å². The van der Waals surface area contributed by atoms with Crippen LogP contribution in [0.4, 0.5) is 0 Å². The van der Waals surface area contributed by atoms with Crippen LogP contribution >= 0.6 is 0 Å². The Morgan fingerprint density at radius 1 is 1.25 bits per heavy atom. The maximum atomic E-state index is 11.9. The fourth-order valence-electron chi connectivity index (χ4n) is 2.37. The smallest absolute Gasteiger partial charge is 0.236 e. The molecule has 0 aromatic rings. The number of β-amino-alcohol motifs (C(OH)–C–C–N with tert-alkyl or cyclic N) is 1. The lowest BCUT2D eigenvalue weighted by Gasteiger charge is -2.30. The average Bonchev–Trinajstić information content (AvgIpc) is 2.68. The van der Waals surface area contributed by atoms with E-state index in [1.807, 2.05) is 0 Å².